The average Bonchev–Trinajstić information content (AvgIpc) is 3.05. The van der Waals surface area contributed by atoms with Gasteiger partial charge >= 0.3 is 5.97 Å². The second-order valence-electron chi connectivity index (χ2n) is 5.41. The third-order valence-corrected chi connectivity index (χ3v) is 4.19. The zero-order valence-corrected chi connectivity index (χ0v) is 16.8. The zero-order chi connectivity index (χ0) is 18.9. The SMILES string of the molecule is CCCn1nnnc1COC(=O)Cc1cc(OCC)c(OCC)cc1Br. The number of benzene rings is 1. The van der Waals surface area contributed by atoms with Gasteiger partial charge in [-0.15, -0.1) is 5.10 Å². The topological polar surface area (TPSA) is 88.4 Å². The van der Waals surface area contributed by atoms with Gasteiger partial charge in [-0.3, -0.25) is 4.79 Å². The molecule has 1 aromatic carbocycles. The molecule has 1 heterocycles. The summed E-state index contributed by atoms with van der Waals surface area (Å²) in [6, 6.07) is 3.60. The van der Waals surface area contributed by atoms with Crippen LogP contribution < -0.4 is 9.47 Å². The molecule has 0 aliphatic heterocycles. The minimum Gasteiger partial charge on any atom is -0.490 e. The molecule has 0 bridgehead atoms. The number of hydrogen-bond donors (Lipinski definition) is 0. The maximum Gasteiger partial charge on any atom is 0.310 e. The van der Waals surface area contributed by atoms with Gasteiger partial charge in [-0.05, 0) is 48.4 Å². The van der Waals surface area contributed by atoms with Crippen molar-refractivity contribution in [3.05, 3.63) is 28.0 Å². The standard InChI is InChI=1S/C17H23BrN4O4/c1-4-7-22-16(19-20-21-22)11-26-17(23)9-12-8-14(24-5-2)15(25-6-3)10-13(12)18/h8,10H,4-7,9,11H2,1-3H3. The number of carbonyl (C=O) groups is 1. The predicted molar refractivity (Wildman–Crippen MR) is 98.1 cm³/mol. The van der Waals surface area contributed by atoms with Gasteiger partial charge in [0.05, 0.1) is 19.6 Å². The predicted octanol–water partition coefficient (Wildman–Crippen LogP) is 2.93. The number of rotatable bonds is 10. The summed E-state index contributed by atoms with van der Waals surface area (Å²) in [6.45, 7) is 7.58. The van der Waals surface area contributed by atoms with Gasteiger partial charge in [0.2, 0.25) is 0 Å². The Kier molecular flexibility index (Phi) is 7.83. The van der Waals surface area contributed by atoms with Crippen molar-refractivity contribution in [3.8, 4) is 11.5 Å². The van der Waals surface area contributed by atoms with Crippen molar-refractivity contribution in [1.82, 2.24) is 20.2 Å². The van der Waals surface area contributed by atoms with Crippen LogP contribution in [0.4, 0.5) is 0 Å². The molecule has 0 spiro atoms. The second kappa shape index (κ2) is 10.1. The average molecular weight is 427 g/mol. The molecule has 9 heteroatoms. The van der Waals surface area contributed by atoms with Crippen LogP contribution in [0.15, 0.2) is 16.6 Å². The summed E-state index contributed by atoms with van der Waals surface area (Å²) < 4.78 is 18.9. The molecule has 0 saturated heterocycles. The summed E-state index contributed by atoms with van der Waals surface area (Å²) in [5, 5.41) is 11.4. The van der Waals surface area contributed by atoms with Crippen LogP contribution in [0.3, 0.4) is 0 Å². The molecule has 0 aliphatic carbocycles. The minimum absolute atomic E-state index is 0.0405. The molecule has 0 unspecified atom stereocenters. The van der Waals surface area contributed by atoms with Crippen LogP contribution in [0.25, 0.3) is 0 Å². The van der Waals surface area contributed by atoms with Crippen molar-refractivity contribution in [2.45, 2.75) is 46.8 Å². The van der Waals surface area contributed by atoms with E-state index in [1.807, 2.05) is 20.8 Å². The van der Waals surface area contributed by atoms with E-state index >= 15 is 0 Å². The first-order valence-electron chi connectivity index (χ1n) is 8.57. The summed E-state index contributed by atoms with van der Waals surface area (Å²) in [7, 11) is 0. The molecule has 0 aliphatic rings. The van der Waals surface area contributed by atoms with E-state index in [9.17, 15) is 4.79 Å². The first-order chi connectivity index (χ1) is 12.6. The van der Waals surface area contributed by atoms with Crippen LogP contribution in [0, 0.1) is 0 Å². The third-order valence-electron chi connectivity index (χ3n) is 3.45. The van der Waals surface area contributed by atoms with E-state index in [4.69, 9.17) is 14.2 Å². The van der Waals surface area contributed by atoms with Crippen LogP contribution in [-0.4, -0.2) is 39.4 Å². The number of halogens is 1. The van der Waals surface area contributed by atoms with Crippen LogP contribution in [-0.2, 0) is 29.1 Å². The molecule has 2 aromatic rings. The molecule has 26 heavy (non-hydrogen) atoms. The molecule has 2 rings (SSSR count). The summed E-state index contributed by atoms with van der Waals surface area (Å²) in [5.41, 5.74) is 0.759. The third kappa shape index (κ3) is 5.42. The molecule has 0 saturated carbocycles. The molecule has 0 fully saturated rings. The van der Waals surface area contributed by atoms with Crippen molar-refractivity contribution in [1.29, 1.82) is 0 Å². The van der Waals surface area contributed by atoms with Crippen molar-refractivity contribution >= 4 is 21.9 Å². The highest BCUT2D eigenvalue weighted by Crippen LogP contribution is 2.34. The van der Waals surface area contributed by atoms with E-state index < -0.39 is 0 Å². The Bertz CT molecular complexity index is 736. The van der Waals surface area contributed by atoms with Crippen LogP contribution >= 0.6 is 15.9 Å². The van der Waals surface area contributed by atoms with Gasteiger partial charge in [0, 0.05) is 11.0 Å². The van der Waals surface area contributed by atoms with E-state index in [2.05, 4.69) is 31.5 Å². The number of tetrazole rings is 1. The fourth-order valence-corrected chi connectivity index (χ4v) is 2.78. The van der Waals surface area contributed by atoms with Gasteiger partial charge in [-0.2, -0.15) is 0 Å². The number of hydrogen-bond acceptors (Lipinski definition) is 7. The number of ether oxygens (including phenoxy) is 3. The van der Waals surface area contributed by atoms with Gasteiger partial charge in [0.1, 0.15) is 0 Å². The van der Waals surface area contributed by atoms with Gasteiger partial charge in [0.15, 0.2) is 23.9 Å². The summed E-state index contributed by atoms with van der Waals surface area (Å²) in [5.74, 6) is 1.40. The lowest BCUT2D eigenvalue weighted by atomic mass is 10.1. The number of aromatic nitrogens is 4. The van der Waals surface area contributed by atoms with Gasteiger partial charge < -0.3 is 14.2 Å². The van der Waals surface area contributed by atoms with Crippen molar-refractivity contribution in [3.63, 3.8) is 0 Å². The van der Waals surface area contributed by atoms with E-state index in [0.717, 1.165) is 16.5 Å². The second-order valence-corrected chi connectivity index (χ2v) is 6.27. The zero-order valence-electron chi connectivity index (χ0n) is 15.2. The molecule has 8 nitrogen and oxygen atoms in total. The largest absolute Gasteiger partial charge is 0.490 e. The lowest BCUT2D eigenvalue weighted by molar-refractivity contribution is -0.144. The molecule has 0 amide bonds. The number of nitrogens with zero attached hydrogens (tertiary/aromatic N) is 4. The Hall–Kier alpha value is -2.16. The molecule has 1 aromatic heterocycles. The highest BCUT2D eigenvalue weighted by Gasteiger charge is 2.15. The lowest BCUT2D eigenvalue weighted by Crippen LogP contribution is -2.13. The van der Waals surface area contributed by atoms with Crippen LogP contribution in [0.2, 0.25) is 0 Å². The first-order valence-corrected chi connectivity index (χ1v) is 9.36. The van der Waals surface area contributed by atoms with E-state index in [1.165, 1.54) is 0 Å². The molecule has 0 atom stereocenters. The Morgan fingerprint density at radius 3 is 2.50 bits per heavy atom. The van der Waals surface area contributed by atoms with Crippen molar-refractivity contribution < 1.29 is 19.0 Å². The van der Waals surface area contributed by atoms with E-state index in [1.54, 1.807) is 16.8 Å². The summed E-state index contributed by atoms with van der Waals surface area (Å²) in [6.07, 6.45) is 0.994. The normalized spacial score (nSPS) is 10.6. The lowest BCUT2D eigenvalue weighted by Gasteiger charge is -2.14. The maximum absolute atomic E-state index is 12.2. The fraction of sp³-hybridized carbons (Fsp3) is 0.529. The highest BCUT2D eigenvalue weighted by atomic mass is 79.9. The first kappa shape index (κ1) is 20.2. The van der Waals surface area contributed by atoms with Gasteiger partial charge in [-0.1, -0.05) is 22.9 Å². The summed E-state index contributed by atoms with van der Waals surface area (Å²) >= 11 is 3.47. The number of aryl methyl sites for hydroxylation is 1. The van der Waals surface area contributed by atoms with E-state index in [0.29, 0.717) is 37.1 Å². The molecular formula is C17H23BrN4O4. The van der Waals surface area contributed by atoms with Gasteiger partial charge in [0.25, 0.3) is 0 Å². The van der Waals surface area contributed by atoms with Crippen molar-refractivity contribution in [2.75, 3.05) is 13.2 Å². The molecular weight excluding hydrogens is 404 g/mol. The molecule has 142 valence electrons. The smallest absolute Gasteiger partial charge is 0.310 e. The molecule has 0 N–H and O–H groups in total. The Morgan fingerprint density at radius 1 is 1.15 bits per heavy atom. The van der Waals surface area contributed by atoms with Gasteiger partial charge in [-0.25, -0.2) is 4.68 Å². The van der Waals surface area contributed by atoms with Crippen LogP contribution in [0.5, 0.6) is 11.5 Å². The monoisotopic (exact) mass is 426 g/mol. The van der Waals surface area contributed by atoms with Crippen molar-refractivity contribution in [2.24, 2.45) is 0 Å². The quantitative estimate of drug-likeness (QED) is 0.539. The van der Waals surface area contributed by atoms with E-state index in [-0.39, 0.29) is 19.0 Å². The summed E-state index contributed by atoms with van der Waals surface area (Å²) in [4.78, 5) is 12.2. The Balaban J connectivity index is 2.03. The Labute approximate surface area is 160 Å². The highest BCUT2D eigenvalue weighted by molar-refractivity contribution is 9.10. The number of esters is 1. The Morgan fingerprint density at radius 2 is 1.85 bits per heavy atom. The van der Waals surface area contributed by atoms with Crippen LogP contribution in [0.1, 0.15) is 38.6 Å². The maximum atomic E-state index is 12.2. The minimum atomic E-state index is -0.372. The number of carbonyl (C=O) groups excluding carboxylic acids is 1. The fourth-order valence-electron chi connectivity index (χ4n) is 2.31. The molecule has 0 radical (unpaired) electrons.